The summed E-state index contributed by atoms with van der Waals surface area (Å²) in [5.41, 5.74) is 0.898. The van der Waals surface area contributed by atoms with Crippen LogP contribution >= 0.6 is 7.82 Å². The highest BCUT2D eigenvalue weighted by molar-refractivity contribution is 7.48. The lowest BCUT2D eigenvalue weighted by molar-refractivity contribution is 0.142. The SMILES string of the molecule is C=COP(=O)(OCC)OCc1ccccc1. The van der Waals surface area contributed by atoms with E-state index in [-0.39, 0.29) is 13.2 Å². The van der Waals surface area contributed by atoms with Crippen molar-refractivity contribution in [1.29, 1.82) is 0 Å². The Hall–Kier alpha value is -1.09. The first-order valence-corrected chi connectivity index (χ1v) is 6.38. The number of phosphoric acid groups is 1. The number of benzene rings is 1. The summed E-state index contributed by atoms with van der Waals surface area (Å²) in [5, 5.41) is 0. The van der Waals surface area contributed by atoms with Crippen molar-refractivity contribution in [3.63, 3.8) is 0 Å². The van der Waals surface area contributed by atoms with Crippen LogP contribution in [0, 0.1) is 0 Å². The van der Waals surface area contributed by atoms with Gasteiger partial charge in [0.25, 0.3) is 0 Å². The number of rotatable bonds is 7. The Bertz CT molecular complexity index is 364. The molecule has 0 spiro atoms. The Morgan fingerprint density at radius 2 is 2.00 bits per heavy atom. The third-order valence-corrected chi connectivity index (χ3v) is 3.15. The zero-order valence-electron chi connectivity index (χ0n) is 9.17. The quantitative estimate of drug-likeness (QED) is 0.542. The fourth-order valence-corrected chi connectivity index (χ4v) is 2.08. The van der Waals surface area contributed by atoms with Crippen LogP contribution in [0.5, 0.6) is 0 Å². The third kappa shape index (κ3) is 4.19. The molecule has 0 saturated carbocycles. The van der Waals surface area contributed by atoms with Gasteiger partial charge in [0.1, 0.15) is 0 Å². The molecule has 0 N–H and O–H groups in total. The molecule has 88 valence electrons. The van der Waals surface area contributed by atoms with Crippen molar-refractivity contribution in [2.45, 2.75) is 13.5 Å². The van der Waals surface area contributed by atoms with E-state index in [4.69, 9.17) is 13.6 Å². The molecule has 1 aromatic carbocycles. The molecule has 1 rings (SSSR count). The normalized spacial score (nSPS) is 14.1. The first-order valence-electron chi connectivity index (χ1n) is 4.92. The van der Waals surface area contributed by atoms with Gasteiger partial charge >= 0.3 is 7.82 Å². The molecule has 4 nitrogen and oxygen atoms in total. The van der Waals surface area contributed by atoms with Gasteiger partial charge in [0, 0.05) is 0 Å². The summed E-state index contributed by atoms with van der Waals surface area (Å²) in [7, 11) is -3.50. The zero-order chi connectivity index (χ0) is 11.9. The van der Waals surface area contributed by atoms with Crippen LogP contribution in [0.1, 0.15) is 12.5 Å². The van der Waals surface area contributed by atoms with Gasteiger partial charge in [0.2, 0.25) is 0 Å². The minimum atomic E-state index is -3.50. The Morgan fingerprint density at radius 3 is 2.56 bits per heavy atom. The van der Waals surface area contributed by atoms with Crippen LogP contribution in [0.3, 0.4) is 0 Å². The van der Waals surface area contributed by atoms with Crippen LogP contribution in [0.25, 0.3) is 0 Å². The highest BCUT2D eigenvalue weighted by Crippen LogP contribution is 2.50. The average Bonchev–Trinajstić information content (AvgIpc) is 2.29. The van der Waals surface area contributed by atoms with Crippen LogP contribution in [0.4, 0.5) is 0 Å². The van der Waals surface area contributed by atoms with E-state index in [2.05, 4.69) is 6.58 Å². The average molecular weight is 242 g/mol. The smallest absolute Gasteiger partial charge is 0.413 e. The standard InChI is InChI=1S/C11H15O4P/c1-3-13-16(12,14-4-2)15-10-11-8-6-5-7-9-11/h3,5-9H,1,4,10H2,2H3. The predicted octanol–water partition coefficient (Wildman–Crippen LogP) is 3.51. The summed E-state index contributed by atoms with van der Waals surface area (Å²) in [5.74, 6) is 0. The molecule has 0 aliphatic carbocycles. The summed E-state index contributed by atoms with van der Waals surface area (Å²) < 4.78 is 26.7. The van der Waals surface area contributed by atoms with Gasteiger partial charge in [-0.15, -0.1) is 0 Å². The Balaban J connectivity index is 2.56. The predicted molar refractivity (Wildman–Crippen MR) is 61.7 cm³/mol. The van der Waals surface area contributed by atoms with Crippen molar-refractivity contribution in [3.05, 3.63) is 48.7 Å². The van der Waals surface area contributed by atoms with Gasteiger partial charge < -0.3 is 4.52 Å². The summed E-state index contributed by atoms with van der Waals surface area (Å²) in [4.78, 5) is 0. The summed E-state index contributed by atoms with van der Waals surface area (Å²) in [6.45, 7) is 5.46. The molecule has 0 saturated heterocycles. The molecule has 0 heterocycles. The summed E-state index contributed by atoms with van der Waals surface area (Å²) >= 11 is 0. The van der Waals surface area contributed by atoms with Crippen molar-refractivity contribution in [3.8, 4) is 0 Å². The number of hydrogen-bond donors (Lipinski definition) is 0. The maximum Gasteiger partial charge on any atom is 0.529 e. The van der Waals surface area contributed by atoms with Crippen molar-refractivity contribution in [1.82, 2.24) is 0 Å². The van der Waals surface area contributed by atoms with Gasteiger partial charge in [0.15, 0.2) is 0 Å². The number of hydrogen-bond acceptors (Lipinski definition) is 4. The lowest BCUT2D eigenvalue weighted by Crippen LogP contribution is -1.97. The van der Waals surface area contributed by atoms with Crippen molar-refractivity contribution in [2.24, 2.45) is 0 Å². The van der Waals surface area contributed by atoms with E-state index >= 15 is 0 Å². The molecule has 16 heavy (non-hydrogen) atoms. The summed E-state index contributed by atoms with van der Waals surface area (Å²) in [6, 6.07) is 9.37. The second kappa shape index (κ2) is 6.48. The van der Waals surface area contributed by atoms with E-state index in [1.807, 2.05) is 30.3 Å². The van der Waals surface area contributed by atoms with Crippen LogP contribution < -0.4 is 0 Å². The van der Waals surface area contributed by atoms with Crippen molar-refractivity contribution >= 4 is 7.82 Å². The molecular formula is C11H15O4P. The maximum atomic E-state index is 11.8. The molecule has 0 bridgehead atoms. The Kier molecular flexibility index (Phi) is 5.26. The van der Waals surface area contributed by atoms with Gasteiger partial charge in [-0.3, -0.25) is 9.05 Å². The molecule has 0 aliphatic heterocycles. The molecular weight excluding hydrogens is 227 g/mol. The zero-order valence-corrected chi connectivity index (χ0v) is 10.1. The molecule has 0 radical (unpaired) electrons. The maximum absolute atomic E-state index is 11.8. The minimum Gasteiger partial charge on any atom is -0.413 e. The Labute approximate surface area is 95.5 Å². The van der Waals surface area contributed by atoms with Crippen LogP contribution in [-0.4, -0.2) is 6.61 Å². The van der Waals surface area contributed by atoms with E-state index < -0.39 is 7.82 Å². The molecule has 0 aromatic heterocycles. The lowest BCUT2D eigenvalue weighted by atomic mass is 10.2. The molecule has 5 heteroatoms. The molecule has 0 fully saturated rings. The van der Waals surface area contributed by atoms with Crippen LogP contribution in [0.2, 0.25) is 0 Å². The molecule has 1 atom stereocenters. The van der Waals surface area contributed by atoms with Gasteiger partial charge in [-0.25, -0.2) is 4.57 Å². The fraction of sp³-hybridized carbons (Fsp3) is 0.273. The highest BCUT2D eigenvalue weighted by Gasteiger charge is 2.25. The van der Waals surface area contributed by atoms with E-state index in [0.717, 1.165) is 11.8 Å². The van der Waals surface area contributed by atoms with Gasteiger partial charge in [-0.1, -0.05) is 36.9 Å². The minimum absolute atomic E-state index is 0.173. The first kappa shape index (κ1) is 13.0. The number of phosphoric ester groups is 1. The Morgan fingerprint density at radius 1 is 1.31 bits per heavy atom. The van der Waals surface area contributed by atoms with Gasteiger partial charge in [-0.2, -0.15) is 0 Å². The lowest BCUT2D eigenvalue weighted by Gasteiger charge is -2.15. The van der Waals surface area contributed by atoms with E-state index in [0.29, 0.717) is 0 Å². The van der Waals surface area contributed by atoms with Crippen LogP contribution in [0.15, 0.2) is 43.2 Å². The van der Waals surface area contributed by atoms with Crippen LogP contribution in [-0.2, 0) is 24.7 Å². The second-order valence-corrected chi connectivity index (χ2v) is 4.52. The van der Waals surface area contributed by atoms with E-state index in [1.165, 1.54) is 0 Å². The second-order valence-electron chi connectivity index (χ2n) is 2.90. The topological polar surface area (TPSA) is 44.8 Å². The third-order valence-electron chi connectivity index (χ3n) is 1.72. The first-order chi connectivity index (χ1) is 7.70. The van der Waals surface area contributed by atoms with Gasteiger partial charge in [0.05, 0.1) is 19.5 Å². The summed E-state index contributed by atoms with van der Waals surface area (Å²) in [6.07, 6.45) is 1.06. The molecule has 0 aliphatic rings. The fourth-order valence-electron chi connectivity index (χ4n) is 1.08. The molecule has 0 amide bonds. The molecule has 1 unspecified atom stereocenters. The largest absolute Gasteiger partial charge is 0.529 e. The van der Waals surface area contributed by atoms with E-state index in [1.54, 1.807) is 6.92 Å². The van der Waals surface area contributed by atoms with E-state index in [9.17, 15) is 4.57 Å². The monoisotopic (exact) mass is 242 g/mol. The van der Waals surface area contributed by atoms with Gasteiger partial charge in [-0.05, 0) is 12.5 Å². The highest BCUT2D eigenvalue weighted by atomic mass is 31.2. The molecule has 1 aromatic rings. The van der Waals surface area contributed by atoms with Crippen molar-refractivity contribution < 1.29 is 18.1 Å². The van der Waals surface area contributed by atoms with Crippen molar-refractivity contribution in [2.75, 3.05) is 6.61 Å².